The minimum absolute atomic E-state index is 0.0111. The number of pyridine rings is 1. The number of amides is 2. The molecule has 0 atom stereocenters. The van der Waals surface area contributed by atoms with E-state index in [9.17, 15) is 18.0 Å². The average Bonchev–Trinajstić information content (AvgIpc) is 2.85. The third kappa shape index (κ3) is 6.87. The number of piperazine rings is 1. The number of nitrogens with zero attached hydrogens (tertiary/aromatic N) is 4. The smallest absolute Gasteiger partial charge is 0.236 e. The summed E-state index contributed by atoms with van der Waals surface area (Å²) in [4.78, 5) is 33.4. The molecule has 2 saturated heterocycles. The van der Waals surface area contributed by atoms with Gasteiger partial charge in [0.2, 0.25) is 21.8 Å². The molecule has 1 aromatic carbocycles. The van der Waals surface area contributed by atoms with E-state index in [2.05, 4.69) is 15.2 Å². The second kappa shape index (κ2) is 11.3. The van der Waals surface area contributed by atoms with Crippen LogP contribution < -0.4 is 5.32 Å². The zero-order chi connectivity index (χ0) is 24.8. The largest absolute Gasteiger partial charge is 0.339 e. The third-order valence-electron chi connectivity index (χ3n) is 6.66. The van der Waals surface area contributed by atoms with Crippen molar-refractivity contribution in [2.24, 2.45) is 5.92 Å². The number of nitrogens with one attached hydrogen (secondary N) is 1. The zero-order valence-corrected chi connectivity index (χ0v) is 20.9. The molecule has 9 nitrogen and oxygen atoms in total. The molecule has 0 aliphatic carbocycles. The number of anilines is 1. The van der Waals surface area contributed by atoms with Crippen LogP contribution in [-0.4, -0.2) is 85.1 Å². The molecule has 1 N–H and O–H groups in total. The highest BCUT2D eigenvalue weighted by Gasteiger charge is 2.31. The molecule has 0 saturated carbocycles. The van der Waals surface area contributed by atoms with Gasteiger partial charge in [-0.1, -0.05) is 30.3 Å². The Labute approximate surface area is 207 Å². The van der Waals surface area contributed by atoms with Crippen molar-refractivity contribution in [1.29, 1.82) is 0 Å². The fourth-order valence-electron chi connectivity index (χ4n) is 4.57. The van der Waals surface area contributed by atoms with Gasteiger partial charge in [-0.2, -0.15) is 4.31 Å². The number of rotatable bonds is 7. The number of aromatic nitrogens is 1. The lowest BCUT2D eigenvalue weighted by Crippen LogP contribution is -2.53. The van der Waals surface area contributed by atoms with E-state index < -0.39 is 10.0 Å². The lowest BCUT2D eigenvalue weighted by atomic mass is 9.96. The number of hydrogen-bond donors (Lipinski definition) is 1. The molecule has 3 heterocycles. The van der Waals surface area contributed by atoms with Gasteiger partial charge >= 0.3 is 0 Å². The number of piperidine rings is 1. The van der Waals surface area contributed by atoms with Gasteiger partial charge in [0.15, 0.2) is 0 Å². The molecule has 0 spiro atoms. The summed E-state index contributed by atoms with van der Waals surface area (Å²) in [6.07, 6.45) is 3.06. The summed E-state index contributed by atoms with van der Waals surface area (Å²) < 4.78 is 27.0. The highest BCUT2D eigenvalue weighted by molar-refractivity contribution is 7.88. The van der Waals surface area contributed by atoms with E-state index in [-0.39, 0.29) is 23.5 Å². The highest BCUT2D eigenvalue weighted by Crippen LogP contribution is 2.20. The van der Waals surface area contributed by atoms with Crippen molar-refractivity contribution in [2.45, 2.75) is 25.5 Å². The maximum Gasteiger partial charge on any atom is 0.236 e. The minimum atomic E-state index is -3.41. The minimum Gasteiger partial charge on any atom is -0.339 e. The fraction of sp³-hybridized carbons (Fsp3) is 0.480. The molecule has 2 aliphatic heterocycles. The summed E-state index contributed by atoms with van der Waals surface area (Å²) in [7, 11) is -3.41. The van der Waals surface area contributed by atoms with Gasteiger partial charge < -0.3 is 10.2 Å². The molecule has 2 amide bonds. The second-order valence-corrected chi connectivity index (χ2v) is 11.2. The van der Waals surface area contributed by atoms with Crippen molar-refractivity contribution in [1.82, 2.24) is 19.1 Å². The third-order valence-corrected chi connectivity index (χ3v) is 8.51. The van der Waals surface area contributed by atoms with E-state index in [0.29, 0.717) is 64.5 Å². The molecule has 0 bridgehead atoms. The number of carbonyl (C=O) groups excluding carboxylic acids is 2. The molecule has 2 fully saturated rings. The van der Waals surface area contributed by atoms with Gasteiger partial charge in [0.05, 0.1) is 12.3 Å². The number of aryl methyl sites for hydroxylation is 1. The van der Waals surface area contributed by atoms with Crippen LogP contribution in [0.15, 0.2) is 48.7 Å². The van der Waals surface area contributed by atoms with Crippen LogP contribution in [-0.2, 0) is 25.4 Å². The van der Waals surface area contributed by atoms with Crippen molar-refractivity contribution >= 4 is 27.7 Å². The summed E-state index contributed by atoms with van der Waals surface area (Å²) in [5.74, 6) is 0.433. The first kappa shape index (κ1) is 25.3. The maximum absolute atomic E-state index is 12.8. The van der Waals surface area contributed by atoms with Gasteiger partial charge in [0, 0.05) is 38.3 Å². The summed E-state index contributed by atoms with van der Waals surface area (Å²) in [6.45, 7) is 5.03. The predicted octanol–water partition coefficient (Wildman–Crippen LogP) is 1.71. The standard InChI is InChI=1S/C25H33N5O4S/c1-20-7-10-26-23(17-20)27-25(32)22-8-11-28(12-9-22)18-24(31)29-13-15-30(16-14-29)35(33,34)19-21-5-3-2-4-6-21/h2-7,10,17,22H,8-9,11-16,18-19H2,1H3,(H,26,27,32). The summed E-state index contributed by atoms with van der Waals surface area (Å²) in [5, 5.41) is 2.89. The Hall–Kier alpha value is -2.82. The SMILES string of the molecule is Cc1ccnc(NC(=O)C2CCN(CC(=O)N3CCN(S(=O)(=O)Cc4ccccc4)CC3)CC2)c1. The lowest BCUT2D eigenvalue weighted by Gasteiger charge is -2.36. The predicted molar refractivity (Wildman–Crippen MR) is 134 cm³/mol. The average molecular weight is 500 g/mol. The summed E-state index contributed by atoms with van der Waals surface area (Å²) in [6, 6.07) is 12.9. The Bertz CT molecular complexity index is 1130. The van der Waals surface area contributed by atoms with Crippen molar-refractivity contribution in [3.05, 3.63) is 59.8 Å². The van der Waals surface area contributed by atoms with Gasteiger partial charge in [0.25, 0.3) is 0 Å². The Balaban J connectivity index is 1.19. The summed E-state index contributed by atoms with van der Waals surface area (Å²) in [5.41, 5.74) is 1.80. The number of carbonyl (C=O) groups is 2. The number of benzene rings is 1. The van der Waals surface area contributed by atoms with E-state index in [1.807, 2.05) is 49.4 Å². The quantitative estimate of drug-likeness (QED) is 0.622. The van der Waals surface area contributed by atoms with Crippen LogP contribution in [0.1, 0.15) is 24.0 Å². The van der Waals surface area contributed by atoms with Crippen LogP contribution >= 0.6 is 0 Å². The Morgan fingerprint density at radius 2 is 1.69 bits per heavy atom. The number of likely N-dealkylation sites (tertiary alicyclic amines) is 1. The monoisotopic (exact) mass is 499 g/mol. The van der Waals surface area contributed by atoms with E-state index in [4.69, 9.17) is 0 Å². The maximum atomic E-state index is 12.8. The van der Waals surface area contributed by atoms with Crippen LogP contribution in [0.3, 0.4) is 0 Å². The summed E-state index contributed by atoms with van der Waals surface area (Å²) >= 11 is 0. The van der Waals surface area contributed by atoms with Gasteiger partial charge in [-0.25, -0.2) is 13.4 Å². The van der Waals surface area contributed by atoms with Crippen molar-refractivity contribution < 1.29 is 18.0 Å². The van der Waals surface area contributed by atoms with Crippen molar-refractivity contribution in [2.75, 3.05) is 51.1 Å². The number of sulfonamides is 1. The van der Waals surface area contributed by atoms with E-state index in [1.54, 1.807) is 11.1 Å². The fourth-order valence-corrected chi connectivity index (χ4v) is 6.09. The zero-order valence-electron chi connectivity index (χ0n) is 20.1. The van der Waals surface area contributed by atoms with Gasteiger partial charge in [-0.3, -0.25) is 14.5 Å². The molecular formula is C25H33N5O4S. The van der Waals surface area contributed by atoms with Crippen LogP contribution in [0.5, 0.6) is 0 Å². The molecule has 4 rings (SSSR count). The molecule has 2 aromatic rings. The van der Waals surface area contributed by atoms with Gasteiger partial charge in [0.1, 0.15) is 5.82 Å². The molecular weight excluding hydrogens is 466 g/mol. The Morgan fingerprint density at radius 1 is 1.00 bits per heavy atom. The van der Waals surface area contributed by atoms with Crippen LogP contribution in [0.4, 0.5) is 5.82 Å². The Morgan fingerprint density at radius 3 is 2.34 bits per heavy atom. The van der Waals surface area contributed by atoms with Gasteiger partial charge in [-0.05, 0) is 56.1 Å². The molecule has 0 unspecified atom stereocenters. The molecule has 0 radical (unpaired) electrons. The topological polar surface area (TPSA) is 103 Å². The van der Waals surface area contributed by atoms with Crippen LogP contribution in [0.2, 0.25) is 0 Å². The van der Waals surface area contributed by atoms with Crippen LogP contribution in [0.25, 0.3) is 0 Å². The van der Waals surface area contributed by atoms with E-state index in [0.717, 1.165) is 11.1 Å². The first-order valence-electron chi connectivity index (χ1n) is 12.1. The molecule has 188 valence electrons. The van der Waals surface area contributed by atoms with E-state index in [1.165, 1.54) is 4.31 Å². The van der Waals surface area contributed by atoms with Gasteiger partial charge in [-0.15, -0.1) is 0 Å². The molecule has 10 heteroatoms. The second-order valence-electron chi connectivity index (χ2n) is 9.28. The normalized spacial score (nSPS) is 18.4. The lowest BCUT2D eigenvalue weighted by molar-refractivity contribution is -0.134. The first-order chi connectivity index (χ1) is 16.8. The number of hydrogen-bond acceptors (Lipinski definition) is 6. The van der Waals surface area contributed by atoms with Crippen molar-refractivity contribution in [3.8, 4) is 0 Å². The molecule has 35 heavy (non-hydrogen) atoms. The van der Waals surface area contributed by atoms with Crippen LogP contribution in [0, 0.1) is 12.8 Å². The first-order valence-corrected chi connectivity index (χ1v) is 13.7. The Kier molecular flexibility index (Phi) is 8.15. The highest BCUT2D eigenvalue weighted by atomic mass is 32.2. The van der Waals surface area contributed by atoms with E-state index >= 15 is 0 Å². The molecule has 2 aliphatic rings. The van der Waals surface area contributed by atoms with Crippen molar-refractivity contribution in [3.63, 3.8) is 0 Å². The molecule has 1 aromatic heterocycles.